The molecule has 0 radical (unpaired) electrons. The molecule has 2 rings (SSSR count). The highest BCUT2D eigenvalue weighted by atomic mass is 32.1. The highest BCUT2D eigenvalue weighted by Crippen LogP contribution is 2.11. The van der Waals surface area contributed by atoms with E-state index in [0.29, 0.717) is 39.1 Å². The molecule has 0 saturated carbocycles. The molecule has 1 fully saturated rings. The molecule has 0 bridgehead atoms. The monoisotopic (exact) mass is 339 g/mol. The fourth-order valence-corrected chi connectivity index (χ4v) is 2.98. The summed E-state index contributed by atoms with van der Waals surface area (Å²) in [6.07, 6.45) is 0.900. The Morgan fingerprint density at radius 3 is 2.65 bits per heavy atom. The Morgan fingerprint density at radius 2 is 2.04 bits per heavy atom. The lowest BCUT2D eigenvalue weighted by Gasteiger charge is -2.31. The topological polar surface area (TPSA) is 87.7 Å². The predicted molar refractivity (Wildman–Crippen MR) is 85.9 cm³/mol. The number of ether oxygens (including phenoxy) is 1. The molecule has 3 amide bonds. The van der Waals surface area contributed by atoms with Gasteiger partial charge in [-0.2, -0.15) is 0 Å². The minimum atomic E-state index is -0.633. The lowest BCUT2D eigenvalue weighted by molar-refractivity contribution is -0.139. The van der Waals surface area contributed by atoms with Gasteiger partial charge >= 0.3 is 17.9 Å². The van der Waals surface area contributed by atoms with Gasteiger partial charge in [-0.1, -0.05) is 6.07 Å². The number of nitrogens with zero attached hydrogens (tertiary/aromatic N) is 1. The van der Waals surface area contributed by atoms with Crippen molar-refractivity contribution in [1.82, 2.24) is 15.5 Å². The van der Waals surface area contributed by atoms with Crippen LogP contribution in [0.4, 0.5) is 4.79 Å². The Balaban J connectivity index is 1.69. The molecule has 1 aliphatic rings. The first-order chi connectivity index (χ1) is 11.1. The van der Waals surface area contributed by atoms with Crippen LogP contribution in [-0.2, 0) is 20.9 Å². The second-order valence-corrected chi connectivity index (χ2v) is 6.23. The van der Waals surface area contributed by atoms with E-state index in [-0.39, 0.29) is 12.1 Å². The Morgan fingerprint density at radius 1 is 1.30 bits per heavy atom. The quantitative estimate of drug-likeness (QED) is 0.804. The van der Waals surface area contributed by atoms with E-state index >= 15 is 0 Å². The number of amides is 3. The summed E-state index contributed by atoms with van der Waals surface area (Å²) in [4.78, 5) is 37.8. The summed E-state index contributed by atoms with van der Waals surface area (Å²) in [7, 11) is 0. The van der Waals surface area contributed by atoms with Crippen LogP contribution >= 0.6 is 11.3 Å². The molecular weight excluding hydrogens is 318 g/mol. The molecule has 1 saturated heterocycles. The van der Waals surface area contributed by atoms with E-state index in [2.05, 4.69) is 10.6 Å². The van der Waals surface area contributed by atoms with E-state index in [1.54, 1.807) is 11.8 Å². The van der Waals surface area contributed by atoms with Gasteiger partial charge in [0.15, 0.2) is 0 Å². The van der Waals surface area contributed by atoms with Crippen LogP contribution in [0, 0.1) is 0 Å². The molecule has 0 unspecified atom stereocenters. The Hall–Kier alpha value is -2.09. The van der Waals surface area contributed by atoms with E-state index in [9.17, 15) is 14.4 Å². The van der Waals surface area contributed by atoms with Crippen LogP contribution in [-0.4, -0.2) is 48.5 Å². The van der Waals surface area contributed by atoms with E-state index < -0.39 is 11.8 Å². The maximum absolute atomic E-state index is 11.9. The zero-order valence-electron chi connectivity index (χ0n) is 13.0. The van der Waals surface area contributed by atoms with Crippen molar-refractivity contribution in [3.63, 3.8) is 0 Å². The van der Waals surface area contributed by atoms with E-state index in [1.807, 2.05) is 17.5 Å². The van der Waals surface area contributed by atoms with Gasteiger partial charge in [-0.3, -0.25) is 9.59 Å². The van der Waals surface area contributed by atoms with Gasteiger partial charge in [0, 0.05) is 24.0 Å². The van der Waals surface area contributed by atoms with Crippen LogP contribution < -0.4 is 10.6 Å². The number of hydrogen-bond donors (Lipinski definition) is 2. The van der Waals surface area contributed by atoms with Crippen molar-refractivity contribution in [2.24, 2.45) is 0 Å². The molecule has 1 aromatic rings. The van der Waals surface area contributed by atoms with Gasteiger partial charge in [-0.25, -0.2) is 4.79 Å². The second-order valence-electron chi connectivity index (χ2n) is 5.20. The summed E-state index contributed by atoms with van der Waals surface area (Å²) >= 11 is 1.52. The second kappa shape index (κ2) is 8.52. The third-order valence-corrected chi connectivity index (χ3v) is 4.44. The van der Waals surface area contributed by atoms with Crippen LogP contribution in [0.2, 0.25) is 0 Å². The van der Waals surface area contributed by atoms with Crippen molar-refractivity contribution in [2.75, 3.05) is 19.7 Å². The Bertz CT molecular complexity index is 539. The van der Waals surface area contributed by atoms with Crippen LogP contribution in [0.5, 0.6) is 0 Å². The van der Waals surface area contributed by atoms with E-state index in [1.165, 1.54) is 11.3 Å². The van der Waals surface area contributed by atoms with Crippen molar-refractivity contribution in [2.45, 2.75) is 32.4 Å². The molecule has 2 N–H and O–H groups in total. The first kappa shape index (κ1) is 17.3. The summed E-state index contributed by atoms with van der Waals surface area (Å²) in [6, 6.07) is 3.69. The molecule has 1 aromatic heterocycles. The average molecular weight is 339 g/mol. The van der Waals surface area contributed by atoms with Gasteiger partial charge in [0.1, 0.15) is 0 Å². The number of carbonyl (C=O) groups is 3. The van der Waals surface area contributed by atoms with Crippen LogP contribution in [0.3, 0.4) is 0 Å². The molecule has 0 atom stereocenters. The molecule has 0 aliphatic carbocycles. The maximum atomic E-state index is 11.9. The lowest BCUT2D eigenvalue weighted by atomic mass is 10.1. The summed E-state index contributed by atoms with van der Waals surface area (Å²) in [5.41, 5.74) is 0. The van der Waals surface area contributed by atoms with Crippen molar-refractivity contribution in [3.05, 3.63) is 22.4 Å². The third-order valence-electron chi connectivity index (χ3n) is 3.57. The highest BCUT2D eigenvalue weighted by molar-refractivity contribution is 7.09. The molecule has 1 aliphatic heterocycles. The van der Waals surface area contributed by atoms with Crippen molar-refractivity contribution < 1.29 is 19.1 Å². The zero-order valence-corrected chi connectivity index (χ0v) is 13.9. The SMILES string of the molecule is CCOC(=O)N1CCC(NC(=O)C(=O)NCc2cccs2)CC1. The van der Waals surface area contributed by atoms with Gasteiger partial charge in [-0.05, 0) is 31.2 Å². The van der Waals surface area contributed by atoms with Crippen LogP contribution in [0.15, 0.2) is 17.5 Å². The number of thiophene rings is 1. The maximum Gasteiger partial charge on any atom is 0.409 e. The third kappa shape index (κ3) is 5.24. The van der Waals surface area contributed by atoms with Gasteiger partial charge in [0.05, 0.1) is 13.2 Å². The summed E-state index contributed by atoms with van der Waals surface area (Å²) in [5, 5.41) is 7.22. The summed E-state index contributed by atoms with van der Waals surface area (Å²) in [6.45, 7) is 3.49. The lowest BCUT2D eigenvalue weighted by Crippen LogP contribution is -2.50. The fraction of sp³-hybridized carbons (Fsp3) is 0.533. The zero-order chi connectivity index (χ0) is 16.7. The minimum absolute atomic E-state index is 0.0966. The van der Waals surface area contributed by atoms with Gasteiger partial charge in [-0.15, -0.1) is 11.3 Å². The van der Waals surface area contributed by atoms with Gasteiger partial charge in [0.25, 0.3) is 0 Å². The Kier molecular flexibility index (Phi) is 6.40. The molecular formula is C15H21N3O4S. The molecule has 23 heavy (non-hydrogen) atoms. The van der Waals surface area contributed by atoms with Crippen LogP contribution in [0.25, 0.3) is 0 Å². The van der Waals surface area contributed by atoms with Gasteiger partial charge < -0.3 is 20.3 Å². The highest BCUT2D eigenvalue weighted by Gasteiger charge is 2.26. The van der Waals surface area contributed by atoms with E-state index in [0.717, 1.165) is 4.88 Å². The van der Waals surface area contributed by atoms with E-state index in [4.69, 9.17) is 4.74 Å². The van der Waals surface area contributed by atoms with Crippen LogP contribution in [0.1, 0.15) is 24.6 Å². The molecule has 8 heteroatoms. The number of carbonyl (C=O) groups excluding carboxylic acids is 3. The normalized spacial score (nSPS) is 15.1. The van der Waals surface area contributed by atoms with Crippen molar-refractivity contribution in [3.8, 4) is 0 Å². The number of likely N-dealkylation sites (tertiary alicyclic amines) is 1. The number of nitrogens with one attached hydrogen (secondary N) is 2. The summed E-state index contributed by atoms with van der Waals surface area (Å²) < 4.78 is 4.94. The first-order valence-electron chi connectivity index (χ1n) is 7.63. The Labute approximate surface area is 139 Å². The molecule has 126 valence electrons. The molecule has 7 nitrogen and oxygen atoms in total. The minimum Gasteiger partial charge on any atom is -0.450 e. The fourth-order valence-electron chi connectivity index (χ4n) is 2.33. The molecule has 0 aromatic carbocycles. The molecule has 2 heterocycles. The largest absolute Gasteiger partial charge is 0.450 e. The predicted octanol–water partition coefficient (Wildman–Crippen LogP) is 1.10. The molecule has 0 spiro atoms. The number of hydrogen-bond acceptors (Lipinski definition) is 5. The summed E-state index contributed by atoms with van der Waals surface area (Å²) in [5.74, 6) is -1.26. The number of piperidine rings is 1. The van der Waals surface area contributed by atoms with Crippen molar-refractivity contribution in [1.29, 1.82) is 0 Å². The number of rotatable bonds is 4. The first-order valence-corrected chi connectivity index (χ1v) is 8.51. The standard InChI is InChI=1S/C15H21N3O4S/c1-2-22-15(21)18-7-5-11(6-8-18)17-14(20)13(19)16-10-12-4-3-9-23-12/h3-4,9,11H,2,5-8,10H2,1H3,(H,16,19)(H,17,20). The average Bonchev–Trinajstić information content (AvgIpc) is 3.07. The smallest absolute Gasteiger partial charge is 0.409 e. The van der Waals surface area contributed by atoms with Crippen molar-refractivity contribution >= 4 is 29.2 Å². The van der Waals surface area contributed by atoms with Gasteiger partial charge in [0.2, 0.25) is 0 Å².